The van der Waals surface area contributed by atoms with Gasteiger partial charge in [0.25, 0.3) is 10.1 Å². The predicted octanol–water partition coefficient (Wildman–Crippen LogP) is 3.48. The van der Waals surface area contributed by atoms with Gasteiger partial charge in [-0.2, -0.15) is 21.6 Å². The zero-order valence-electron chi connectivity index (χ0n) is 14.2. The van der Waals surface area contributed by atoms with Crippen molar-refractivity contribution in [2.45, 2.75) is 30.1 Å². The minimum atomic E-state index is -4.72. The van der Waals surface area contributed by atoms with Crippen molar-refractivity contribution in [1.29, 1.82) is 0 Å². The minimum Gasteiger partial charge on any atom is -0.462 e. The molecule has 1 aliphatic rings. The van der Waals surface area contributed by atoms with E-state index in [4.69, 9.17) is 8.92 Å². The van der Waals surface area contributed by atoms with E-state index in [9.17, 15) is 21.6 Å². The molecular formula is C18H16F3NO4S. The molecule has 0 unspecified atom stereocenters. The van der Waals surface area contributed by atoms with Crippen LogP contribution < -0.4 is 0 Å². The Morgan fingerprint density at radius 1 is 1.07 bits per heavy atom. The third-order valence-corrected chi connectivity index (χ3v) is 5.21. The van der Waals surface area contributed by atoms with Crippen molar-refractivity contribution in [3.05, 3.63) is 65.7 Å². The van der Waals surface area contributed by atoms with Crippen LogP contribution in [-0.4, -0.2) is 39.2 Å². The summed E-state index contributed by atoms with van der Waals surface area (Å²) in [5, 5.41) is 0. The van der Waals surface area contributed by atoms with E-state index in [1.54, 1.807) is 49.4 Å². The number of hydrogen-bond acceptors (Lipinski definition) is 5. The number of aliphatic imine (C=N–C) groups is 1. The van der Waals surface area contributed by atoms with Gasteiger partial charge < -0.3 is 4.74 Å². The van der Waals surface area contributed by atoms with Crippen LogP contribution in [0.2, 0.25) is 0 Å². The maximum Gasteiger partial charge on any atom is 0.427 e. The van der Waals surface area contributed by atoms with E-state index in [1.807, 2.05) is 0 Å². The van der Waals surface area contributed by atoms with E-state index in [0.717, 1.165) is 5.56 Å². The van der Waals surface area contributed by atoms with Gasteiger partial charge in [0.15, 0.2) is 0 Å². The summed E-state index contributed by atoms with van der Waals surface area (Å²) in [6.07, 6.45) is -7.00. The SMILES string of the molecule is Cc1ccc(S(=O)(=O)OC[C@@H]2N=C(c3ccccc3)O[C@H]2C(F)(F)F)cc1. The summed E-state index contributed by atoms with van der Waals surface area (Å²) in [5.41, 5.74) is 1.21. The number of halogens is 3. The quantitative estimate of drug-likeness (QED) is 0.722. The van der Waals surface area contributed by atoms with Crippen molar-refractivity contribution in [2.24, 2.45) is 4.99 Å². The monoisotopic (exact) mass is 399 g/mol. The van der Waals surface area contributed by atoms with E-state index in [2.05, 4.69) is 4.99 Å². The molecule has 1 aliphatic heterocycles. The lowest BCUT2D eigenvalue weighted by Gasteiger charge is -2.20. The highest BCUT2D eigenvalue weighted by Crippen LogP contribution is 2.32. The second-order valence-corrected chi connectivity index (χ2v) is 7.61. The number of nitrogens with zero attached hydrogens (tertiary/aromatic N) is 1. The summed E-state index contributed by atoms with van der Waals surface area (Å²) >= 11 is 0. The Kier molecular flexibility index (Phi) is 5.25. The van der Waals surface area contributed by atoms with Crippen molar-refractivity contribution < 1.29 is 30.5 Å². The van der Waals surface area contributed by atoms with E-state index < -0.39 is 35.0 Å². The third kappa shape index (κ3) is 4.48. The van der Waals surface area contributed by atoms with Crippen molar-refractivity contribution in [2.75, 3.05) is 6.61 Å². The molecule has 0 fully saturated rings. The van der Waals surface area contributed by atoms with Crippen LogP contribution in [0.1, 0.15) is 11.1 Å². The number of rotatable bonds is 5. The average Bonchev–Trinajstić information content (AvgIpc) is 3.06. The van der Waals surface area contributed by atoms with Crippen LogP contribution in [0.15, 0.2) is 64.5 Å². The fourth-order valence-electron chi connectivity index (χ4n) is 2.51. The average molecular weight is 399 g/mol. The van der Waals surface area contributed by atoms with Gasteiger partial charge in [-0.25, -0.2) is 4.99 Å². The summed E-state index contributed by atoms with van der Waals surface area (Å²) in [6, 6.07) is 12.3. The lowest BCUT2D eigenvalue weighted by molar-refractivity contribution is -0.199. The molecule has 0 spiro atoms. The van der Waals surface area contributed by atoms with Gasteiger partial charge in [0.05, 0.1) is 11.5 Å². The van der Waals surface area contributed by atoms with Gasteiger partial charge in [-0.05, 0) is 31.2 Å². The fraction of sp³-hybridized carbons (Fsp3) is 0.278. The van der Waals surface area contributed by atoms with E-state index in [0.29, 0.717) is 5.56 Å². The van der Waals surface area contributed by atoms with E-state index in [-0.39, 0.29) is 10.8 Å². The number of aryl methyl sites for hydroxylation is 1. The van der Waals surface area contributed by atoms with Crippen molar-refractivity contribution in [3.63, 3.8) is 0 Å². The van der Waals surface area contributed by atoms with Gasteiger partial charge >= 0.3 is 6.18 Å². The van der Waals surface area contributed by atoms with Gasteiger partial charge in [0, 0.05) is 5.56 Å². The molecule has 1 heterocycles. The standard InChI is InChI=1S/C18H16F3NO4S/c1-12-7-9-14(10-8-12)27(23,24)25-11-15-16(18(19,20)21)26-17(22-15)13-5-3-2-4-6-13/h2-10,15-16H,11H2,1H3/t15-,16+/m0/s1. The smallest absolute Gasteiger partial charge is 0.427 e. The first kappa shape index (κ1) is 19.4. The van der Waals surface area contributed by atoms with Gasteiger partial charge in [-0.1, -0.05) is 35.9 Å². The Morgan fingerprint density at radius 2 is 1.70 bits per heavy atom. The molecule has 5 nitrogen and oxygen atoms in total. The lowest BCUT2D eigenvalue weighted by atomic mass is 10.2. The normalized spacial score (nSPS) is 20.2. The van der Waals surface area contributed by atoms with Crippen LogP contribution in [0.25, 0.3) is 0 Å². The molecule has 2 aromatic rings. The van der Waals surface area contributed by atoms with Crippen LogP contribution in [0.4, 0.5) is 13.2 Å². The van der Waals surface area contributed by atoms with Crippen molar-refractivity contribution in [3.8, 4) is 0 Å². The number of hydrogen-bond donors (Lipinski definition) is 0. The molecule has 0 aromatic heterocycles. The predicted molar refractivity (Wildman–Crippen MR) is 92.0 cm³/mol. The molecule has 3 rings (SSSR count). The summed E-state index contributed by atoms with van der Waals surface area (Å²) in [7, 11) is -4.21. The first-order valence-corrected chi connectivity index (χ1v) is 9.40. The fourth-order valence-corrected chi connectivity index (χ4v) is 3.44. The maximum absolute atomic E-state index is 13.3. The second-order valence-electron chi connectivity index (χ2n) is 6.00. The highest BCUT2D eigenvalue weighted by atomic mass is 32.2. The van der Waals surface area contributed by atoms with Crippen LogP contribution >= 0.6 is 0 Å². The lowest BCUT2D eigenvalue weighted by Crippen LogP contribution is -2.40. The van der Waals surface area contributed by atoms with Gasteiger partial charge in [-0.15, -0.1) is 0 Å². The molecule has 0 saturated carbocycles. The molecule has 27 heavy (non-hydrogen) atoms. The van der Waals surface area contributed by atoms with Crippen molar-refractivity contribution in [1.82, 2.24) is 0 Å². The number of benzene rings is 2. The van der Waals surface area contributed by atoms with E-state index >= 15 is 0 Å². The number of alkyl halides is 3. The van der Waals surface area contributed by atoms with Gasteiger partial charge in [0.1, 0.15) is 6.04 Å². The summed E-state index contributed by atoms with van der Waals surface area (Å²) in [4.78, 5) is 3.77. The molecule has 0 bridgehead atoms. The minimum absolute atomic E-state index is 0.136. The Morgan fingerprint density at radius 3 is 2.30 bits per heavy atom. The topological polar surface area (TPSA) is 65.0 Å². The van der Waals surface area contributed by atoms with Gasteiger partial charge in [0.2, 0.25) is 12.0 Å². The Hall–Kier alpha value is -2.39. The molecule has 9 heteroatoms. The molecule has 0 radical (unpaired) electrons. The third-order valence-electron chi connectivity index (χ3n) is 3.92. The Labute approximate surface area is 154 Å². The summed E-state index contributed by atoms with van der Waals surface area (Å²) < 4.78 is 74.1. The van der Waals surface area contributed by atoms with Crippen LogP contribution in [0.3, 0.4) is 0 Å². The molecular weight excluding hydrogens is 383 g/mol. The largest absolute Gasteiger partial charge is 0.462 e. The molecule has 0 N–H and O–H groups in total. The number of ether oxygens (including phenoxy) is 1. The summed E-state index contributed by atoms with van der Waals surface area (Å²) in [5.74, 6) is -0.195. The zero-order chi connectivity index (χ0) is 19.7. The maximum atomic E-state index is 13.3. The van der Waals surface area contributed by atoms with Crippen LogP contribution in [0.5, 0.6) is 0 Å². The summed E-state index contributed by atoms with van der Waals surface area (Å²) in [6.45, 7) is 0.998. The highest BCUT2D eigenvalue weighted by Gasteiger charge is 2.51. The molecule has 0 aliphatic carbocycles. The van der Waals surface area contributed by atoms with E-state index in [1.165, 1.54) is 12.1 Å². The Balaban J connectivity index is 1.80. The molecule has 0 saturated heterocycles. The second kappa shape index (κ2) is 7.32. The van der Waals surface area contributed by atoms with Crippen LogP contribution in [0, 0.1) is 6.92 Å². The first-order chi connectivity index (χ1) is 12.7. The zero-order valence-corrected chi connectivity index (χ0v) is 15.0. The molecule has 144 valence electrons. The van der Waals surface area contributed by atoms with Crippen LogP contribution in [-0.2, 0) is 19.0 Å². The van der Waals surface area contributed by atoms with Crippen molar-refractivity contribution >= 4 is 16.0 Å². The first-order valence-electron chi connectivity index (χ1n) is 7.99. The molecule has 2 aromatic carbocycles. The highest BCUT2D eigenvalue weighted by molar-refractivity contribution is 7.86. The Bertz CT molecular complexity index is 925. The van der Waals surface area contributed by atoms with Gasteiger partial charge in [-0.3, -0.25) is 4.18 Å². The molecule has 0 amide bonds. The molecule has 2 atom stereocenters.